The molecule has 0 radical (unpaired) electrons. The van der Waals surface area contributed by atoms with Crippen LogP contribution in [0.2, 0.25) is 0 Å². The number of hydrogen-bond donors (Lipinski definition) is 0. The molecule has 0 saturated carbocycles. The van der Waals surface area contributed by atoms with Crippen molar-refractivity contribution < 1.29 is 18.8 Å². The zero-order chi connectivity index (χ0) is 9.84. The fraction of sp³-hybridized carbons (Fsp3) is 0.375. The van der Waals surface area contributed by atoms with E-state index in [1.807, 2.05) is 0 Å². The number of aromatic nitrogens is 1. The summed E-state index contributed by atoms with van der Waals surface area (Å²) in [5.74, 6) is -0.703. The number of esters is 1. The van der Waals surface area contributed by atoms with Gasteiger partial charge in [0.15, 0.2) is 11.5 Å². The molecule has 1 rings (SSSR count). The van der Waals surface area contributed by atoms with Crippen molar-refractivity contribution in [3.05, 3.63) is 11.8 Å². The average molecular weight is 183 g/mol. The highest BCUT2D eigenvalue weighted by molar-refractivity contribution is 5.92. The predicted molar refractivity (Wildman–Crippen MR) is 42.4 cm³/mol. The molecule has 70 valence electrons. The summed E-state index contributed by atoms with van der Waals surface area (Å²) in [5.41, 5.74) is 0.152. The molecule has 0 bridgehead atoms. The Bertz CT molecular complexity index is 329. The minimum absolute atomic E-state index is 0.0444. The molecule has 1 aromatic heterocycles. The molecular weight excluding hydrogens is 174 g/mol. The van der Waals surface area contributed by atoms with Crippen LogP contribution in [0.5, 0.6) is 5.95 Å². The number of ether oxygens (including phenoxy) is 1. The fourth-order valence-electron chi connectivity index (χ4n) is 0.657. The molecule has 5 nitrogen and oxygen atoms in total. The zero-order valence-electron chi connectivity index (χ0n) is 7.36. The third-order valence-electron chi connectivity index (χ3n) is 1.35. The van der Waals surface area contributed by atoms with E-state index in [0.29, 0.717) is 0 Å². The normalized spacial score (nSPS) is 9.69. The van der Waals surface area contributed by atoms with Gasteiger partial charge >= 0.3 is 11.9 Å². The summed E-state index contributed by atoms with van der Waals surface area (Å²) >= 11 is 0. The molecule has 1 heterocycles. The Balaban J connectivity index is 2.69. The van der Waals surface area contributed by atoms with E-state index in [1.165, 1.54) is 13.0 Å². The summed E-state index contributed by atoms with van der Waals surface area (Å²) < 4.78 is 9.26. The van der Waals surface area contributed by atoms with Crippen LogP contribution >= 0.6 is 0 Å². The summed E-state index contributed by atoms with van der Waals surface area (Å²) in [6.45, 7) is 3.01. The molecule has 0 atom stereocenters. The lowest BCUT2D eigenvalue weighted by Gasteiger charge is -1.93. The number of Topliss-reactive ketones (excluding diaryl/α,β-unsaturated/α-hetero) is 1. The minimum atomic E-state index is -0.425. The van der Waals surface area contributed by atoms with E-state index >= 15 is 0 Å². The molecule has 13 heavy (non-hydrogen) atoms. The summed E-state index contributed by atoms with van der Waals surface area (Å²) in [7, 11) is 0. The van der Waals surface area contributed by atoms with Crippen LogP contribution in [0.3, 0.4) is 0 Å². The van der Waals surface area contributed by atoms with Crippen LogP contribution in [0.25, 0.3) is 0 Å². The minimum Gasteiger partial charge on any atom is -0.391 e. The van der Waals surface area contributed by atoms with Crippen LogP contribution in [-0.2, 0) is 4.79 Å². The molecule has 0 aromatic carbocycles. The van der Waals surface area contributed by atoms with Gasteiger partial charge in [-0.1, -0.05) is 12.1 Å². The molecule has 0 aliphatic carbocycles. The average Bonchev–Trinajstić information content (AvgIpc) is 2.52. The lowest BCUT2D eigenvalue weighted by Crippen LogP contribution is -2.04. The van der Waals surface area contributed by atoms with Crippen molar-refractivity contribution in [3.8, 4) is 5.95 Å². The van der Waals surface area contributed by atoms with Crippen molar-refractivity contribution in [2.45, 2.75) is 20.3 Å². The maximum absolute atomic E-state index is 10.8. The van der Waals surface area contributed by atoms with E-state index in [0.717, 1.165) is 0 Å². The molecule has 0 N–H and O–H groups in total. The van der Waals surface area contributed by atoms with E-state index in [1.54, 1.807) is 6.92 Å². The van der Waals surface area contributed by atoms with Gasteiger partial charge in [0, 0.05) is 13.3 Å². The Kier molecular flexibility index (Phi) is 2.79. The van der Waals surface area contributed by atoms with Gasteiger partial charge in [-0.05, 0) is 0 Å². The van der Waals surface area contributed by atoms with Gasteiger partial charge < -0.3 is 9.26 Å². The molecule has 0 aliphatic heterocycles. The van der Waals surface area contributed by atoms with Crippen molar-refractivity contribution in [2.24, 2.45) is 0 Å². The van der Waals surface area contributed by atoms with Crippen LogP contribution < -0.4 is 4.74 Å². The first kappa shape index (κ1) is 9.44. The quantitative estimate of drug-likeness (QED) is 0.520. The number of carbonyl (C=O) groups excluding carboxylic acids is 2. The smallest absolute Gasteiger partial charge is 0.319 e. The lowest BCUT2D eigenvalue weighted by atomic mass is 10.3. The van der Waals surface area contributed by atoms with Crippen molar-refractivity contribution in [1.29, 1.82) is 0 Å². The van der Waals surface area contributed by atoms with Gasteiger partial charge in [-0.2, -0.15) is 0 Å². The van der Waals surface area contributed by atoms with Gasteiger partial charge in [-0.25, -0.2) is 0 Å². The third-order valence-corrected chi connectivity index (χ3v) is 1.35. The van der Waals surface area contributed by atoms with Crippen LogP contribution in [-0.4, -0.2) is 16.9 Å². The van der Waals surface area contributed by atoms with Crippen LogP contribution in [0, 0.1) is 0 Å². The molecule has 0 unspecified atom stereocenters. The number of rotatable bonds is 3. The second kappa shape index (κ2) is 3.84. The van der Waals surface area contributed by atoms with E-state index < -0.39 is 5.97 Å². The first-order valence-electron chi connectivity index (χ1n) is 3.81. The largest absolute Gasteiger partial charge is 0.391 e. The van der Waals surface area contributed by atoms with E-state index in [2.05, 4.69) is 14.4 Å². The molecule has 0 fully saturated rings. The van der Waals surface area contributed by atoms with Crippen molar-refractivity contribution in [1.82, 2.24) is 5.16 Å². The monoisotopic (exact) mass is 183 g/mol. The highest BCUT2D eigenvalue weighted by Gasteiger charge is 2.11. The second-order valence-electron chi connectivity index (χ2n) is 2.41. The van der Waals surface area contributed by atoms with E-state index in [-0.39, 0.29) is 23.8 Å². The summed E-state index contributed by atoms with van der Waals surface area (Å²) in [6.07, 6.45) is 0.246. The van der Waals surface area contributed by atoms with Crippen LogP contribution in [0.1, 0.15) is 30.8 Å². The predicted octanol–water partition coefficient (Wildman–Crippen LogP) is 1.19. The summed E-state index contributed by atoms with van der Waals surface area (Å²) in [5, 5.41) is 3.40. The molecule has 0 spiro atoms. The second-order valence-corrected chi connectivity index (χ2v) is 2.41. The van der Waals surface area contributed by atoms with Gasteiger partial charge in [-0.3, -0.25) is 9.59 Å². The maximum Gasteiger partial charge on any atom is 0.319 e. The fourth-order valence-corrected chi connectivity index (χ4v) is 0.657. The highest BCUT2D eigenvalue weighted by atomic mass is 16.6. The van der Waals surface area contributed by atoms with Gasteiger partial charge in [0.25, 0.3) is 0 Å². The van der Waals surface area contributed by atoms with Crippen molar-refractivity contribution in [3.63, 3.8) is 0 Å². The molecule has 1 aromatic rings. The number of hydrogen-bond acceptors (Lipinski definition) is 5. The van der Waals surface area contributed by atoms with Gasteiger partial charge in [0.05, 0.1) is 6.07 Å². The Labute approximate surface area is 74.7 Å². The topological polar surface area (TPSA) is 69.4 Å². The number of nitrogens with zero attached hydrogens (tertiary/aromatic N) is 1. The molecular formula is C8H9NO4. The third kappa shape index (κ3) is 2.40. The first-order valence-corrected chi connectivity index (χ1v) is 3.81. The van der Waals surface area contributed by atoms with Gasteiger partial charge in [-0.15, -0.1) is 0 Å². The van der Waals surface area contributed by atoms with Crippen LogP contribution in [0.15, 0.2) is 10.6 Å². The van der Waals surface area contributed by atoms with Crippen molar-refractivity contribution >= 4 is 11.8 Å². The van der Waals surface area contributed by atoms with Crippen molar-refractivity contribution in [2.75, 3.05) is 0 Å². The summed E-state index contributed by atoms with van der Waals surface area (Å²) in [4.78, 5) is 21.5. The standard InChI is InChI=1S/C8H9NO4/c1-3-7(11)12-8-4-6(5(2)10)9-13-8/h4H,3H2,1-2H3. The Morgan fingerprint density at radius 2 is 2.31 bits per heavy atom. The Hall–Kier alpha value is -1.65. The lowest BCUT2D eigenvalue weighted by molar-refractivity contribution is -0.135. The van der Waals surface area contributed by atoms with Gasteiger partial charge in [0.2, 0.25) is 0 Å². The molecule has 0 saturated heterocycles. The Morgan fingerprint density at radius 3 is 2.77 bits per heavy atom. The maximum atomic E-state index is 10.8. The van der Waals surface area contributed by atoms with E-state index in [4.69, 9.17) is 0 Å². The molecule has 5 heteroatoms. The number of ketones is 1. The highest BCUT2D eigenvalue weighted by Crippen LogP contribution is 2.13. The molecule has 0 amide bonds. The van der Waals surface area contributed by atoms with E-state index in [9.17, 15) is 9.59 Å². The summed E-state index contributed by atoms with van der Waals surface area (Å²) in [6, 6.07) is 1.29. The van der Waals surface area contributed by atoms with Gasteiger partial charge in [0.1, 0.15) is 0 Å². The number of carbonyl (C=O) groups is 2. The zero-order valence-corrected chi connectivity index (χ0v) is 7.36. The Morgan fingerprint density at radius 1 is 1.62 bits per heavy atom. The SMILES string of the molecule is CCC(=O)Oc1cc(C(C)=O)no1. The van der Waals surface area contributed by atoms with Crippen LogP contribution in [0.4, 0.5) is 0 Å². The molecule has 0 aliphatic rings. The first-order chi connectivity index (χ1) is 6.13.